The number of hydrogen-bond donors (Lipinski definition) is 0. The molecule has 0 amide bonds. The van der Waals surface area contributed by atoms with Crippen LogP contribution in [-0.4, -0.2) is 0 Å². The lowest BCUT2D eigenvalue weighted by molar-refractivity contribution is 0.562. The molecule has 0 aromatic heterocycles. The average Bonchev–Trinajstić information content (AvgIpc) is 2.17. The van der Waals surface area contributed by atoms with Gasteiger partial charge in [0.15, 0.2) is 0 Å². The summed E-state index contributed by atoms with van der Waals surface area (Å²) in [5.74, 6) is 0.722. The first-order chi connectivity index (χ1) is 6.72. The van der Waals surface area contributed by atoms with E-state index in [1.54, 1.807) is 0 Å². The minimum atomic E-state index is 0.722. The molecule has 0 rings (SSSR count). The molecule has 0 nitrogen and oxygen atoms in total. The molecule has 0 aliphatic rings. The van der Waals surface area contributed by atoms with Crippen molar-refractivity contribution < 1.29 is 0 Å². The van der Waals surface area contributed by atoms with Crippen LogP contribution < -0.4 is 0 Å². The van der Waals surface area contributed by atoms with Crippen LogP contribution in [0.1, 0.15) is 58.8 Å². The minimum Gasteiger partial charge on any atom is -0.103 e. The van der Waals surface area contributed by atoms with Crippen molar-refractivity contribution in [3.63, 3.8) is 0 Å². The summed E-state index contributed by atoms with van der Waals surface area (Å²) < 4.78 is 0. The molecule has 0 saturated heterocycles. The molecular weight excluding hydrogens is 168 g/mol. The Bertz CT molecular complexity index is 155. The second kappa shape index (κ2) is 9.05. The summed E-state index contributed by atoms with van der Waals surface area (Å²) >= 11 is 0. The lowest BCUT2D eigenvalue weighted by atomic mass is 9.93. The van der Waals surface area contributed by atoms with Gasteiger partial charge in [0.05, 0.1) is 0 Å². The van der Waals surface area contributed by atoms with Crippen LogP contribution in [0.15, 0.2) is 24.8 Å². The van der Waals surface area contributed by atoms with Crippen molar-refractivity contribution in [1.29, 1.82) is 0 Å². The molecule has 14 heavy (non-hydrogen) atoms. The van der Waals surface area contributed by atoms with E-state index in [4.69, 9.17) is 0 Å². The van der Waals surface area contributed by atoms with Gasteiger partial charge in [-0.2, -0.15) is 0 Å². The lowest BCUT2D eigenvalue weighted by Crippen LogP contribution is -1.97. The summed E-state index contributed by atoms with van der Waals surface area (Å²) in [6, 6.07) is 0. The predicted molar refractivity (Wildman–Crippen MR) is 66.5 cm³/mol. The topological polar surface area (TPSA) is 0 Å². The second-order valence-corrected chi connectivity index (χ2v) is 4.24. The van der Waals surface area contributed by atoms with Crippen molar-refractivity contribution in [1.82, 2.24) is 0 Å². The van der Waals surface area contributed by atoms with Crippen LogP contribution in [-0.2, 0) is 0 Å². The van der Waals surface area contributed by atoms with Gasteiger partial charge in [-0.3, -0.25) is 0 Å². The highest BCUT2D eigenvalue weighted by atomic mass is 14.1. The summed E-state index contributed by atoms with van der Waals surface area (Å²) in [5, 5.41) is 0. The van der Waals surface area contributed by atoms with E-state index >= 15 is 0 Å². The lowest BCUT2D eigenvalue weighted by Gasteiger charge is -2.13. The molecule has 0 bridgehead atoms. The Balaban J connectivity index is 3.38. The number of allylic oxidation sites excluding steroid dienone is 2. The van der Waals surface area contributed by atoms with Crippen LogP contribution in [0.25, 0.3) is 0 Å². The smallest absolute Gasteiger partial charge is 0.0234 e. The number of rotatable bonds is 9. The average molecular weight is 194 g/mol. The van der Waals surface area contributed by atoms with Crippen molar-refractivity contribution in [3.05, 3.63) is 24.8 Å². The summed E-state index contributed by atoms with van der Waals surface area (Å²) in [6.07, 6.45) is 10.9. The molecule has 1 unspecified atom stereocenters. The van der Waals surface area contributed by atoms with E-state index < -0.39 is 0 Å². The highest BCUT2D eigenvalue weighted by molar-refractivity contribution is 4.98. The molecule has 0 aromatic rings. The van der Waals surface area contributed by atoms with E-state index in [9.17, 15) is 0 Å². The standard InChI is InChI=1S/C14H26/c1-5-7-8-9-10-12-14(4)13(3)11-6-2/h5,13H,1,4,6-12H2,2-3H3. The molecule has 0 fully saturated rings. The Kier molecular flexibility index (Phi) is 8.72. The highest BCUT2D eigenvalue weighted by Crippen LogP contribution is 2.20. The van der Waals surface area contributed by atoms with Gasteiger partial charge < -0.3 is 0 Å². The van der Waals surface area contributed by atoms with Gasteiger partial charge in [0, 0.05) is 0 Å². The molecule has 0 spiro atoms. The van der Waals surface area contributed by atoms with Crippen molar-refractivity contribution in [2.75, 3.05) is 0 Å². The van der Waals surface area contributed by atoms with E-state index in [0.717, 1.165) is 12.3 Å². The zero-order valence-corrected chi connectivity index (χ0v) is 10.0. The van der Waals surface area contributed by atoms with Gasteiger partial charge in [0.2, 0.25) is 0 Å². The maximum atomic E-state index is 4.17. The molecule has 0 aliphatic heterocycles. The third-order valence-electron chi connectivity index (χ3n) is 2.82. The highest BCUT2D eigenvalue weighted by Gasteiger charge is 2.04. The Morgan fingerprint density at radius 2 is 2.00 bits per heavy atom. The van der Waals surface area contributed by atoms with Gasteiger partial charge >= 0.3 is 0 Å². The zero-order valence-electron chi connectivity index (χ0n) is 10.0. The van der Waals surface area contributed by atoms with Crippen LogP contribution in [0.3, 0.4) is 0 Å². The summed E-state index contributed by atoms with van der Waals surface area (Å²) in [6.45, 7) is 12.4. The molecule has 0 saturated carbocycles. The first-order valence-electron chi connectivity index (χ1n) is 6.00. The first-order valence-corrected chi connectivity index (χ1v) is 6.00. The van der Waals surface area contributed by atoms with E-state index in [1.807, 2.05) is 6.08 Å². The fourth-order valence-corrected chi connectivity index (χ4v) is 1.70. The van der Waals surface area contributed by atoms with Crippen molar-refractivity contribution in [3.8, 4) is 0 Å². The molecule has 1 atom stereocenters. The van der Waals surface area contributed by atoms with Crippen LogP contribution in [0.5, 0.6) is 0 Å². The van der Waals surface area contributed by atoms with E-state index in [2.05, 4.69) is 27.0 Å². The van der Waals surface area contributed by atoms with E-state index in [-0.39, 0.29) is 0 Å². The third-order valence-corrected chi connectivity index (χ3v) is 2.82. The van der Waals surface area contributed by atoms with Crippen molar-refractivity contribution in [2.45, 2.75) is 58.8 Å². The Morgan fingerprint density at radius 1 is 1.29 bits per heavy atom. The van der Waals surface area contributed by atoms with Gasteiger partial charge in [-0.25, -0.2) is 0 Å². The fraction of sp³-hybridized carbons (Fsp3) is 0.714. The maximum Gasteiger partial charge on any atom is -0.0234 e. The van der Waals surface area contributed by atoms with Gasteiger partial charge in [-0.1, -0.05) is 44.9 Å². The molecule has 0 heterocycles. The van der Waals surface area contributed by atoms with Crippen LogP contribution >= 0.6 is 0 Å². The van der Waals surface area contributed by atoms with Crippen LogP contribution in [0, 0.1) is 5.92 Å². The molecule has 82 valence electrons. The number of unbranched alkanes of at least 4 members (excludes halogenated alkanes) is 3. The minimum absolute atomic E-state index is 0.722. The fourth-order valence-electron chi connectivity index (χ4n) is 1.70. The monoisotopic (exact) mass is 194 g/mol. The molecule has 0 aliphatic carbocycles. The Morgan fingerprint density at radius 3 is 2.57 bits per heavy atom. The normalized spacial score (nSPS) is 12.4. The number of hydrogen-bond acceptors (Lipinski definition) is 0. The summed E-state index contributed by atoms with van der Waals surface area (Å²) in [4.78, 5) is 0. The maximum absolute atomic E-state index is 4.17. The van der Waals surface area contributed by atoms with Gasteiger partial charge in [-0.15, -0.1) is 6.58 Å². The van der Waals surface area contributed by atoms with Gasteiger partial charge in [-0.05, 0) is 38.0 Å². The first kappa shape index (κ1) is 13.5. The van der Waals surface area contributed by atoms with Gasteiger partial charge in [0.25, 0.3) is 0 Å². The Hall–Kier alpha value is -0.520. The summed E-state index contributed by atoms with van der Waals surface area (Å²) in [7, 11) is 0. The molecule has 0 N–H and O–H groups in total. The quantitative estimate of drug-likeness (QED) is 0.353. The molecule has 0 radical (unpaired) electrons. The predicted octanol–water partition coefficient (Wildman–Crippen LogP) is 5.12. The third kappa shape index (κ3) is 6.94. The van der Waals surface area contributed by atoms with Gasteiger partial charge in [0.1, 0.15) is 0 Å². The van der Waals surface area contributed by atoms with Crippen molar-refractivity contribution >= 4 is 0 Å². The summed E-state index contributed by atoms with van der Waals surface area (Å²) in [5.41, 5.74) is 1.45. The molecular formula is C14H26. The molecule has 0 aromatic carbocycles. The van der Waals surface area contributed by atoms with Crippen LogP contribution in [0.2, 0.25) is 0 Å². The Labute approximate surface area is 90.1 Å². The SMILES string of the molecule is C=CCCCCCC(=C)C(C)CCC. The largest absolute Gasteiger partial charge is 0.103 e. The zero-order chi connectivity index (χ0) is 10.8. The second-order valence-electron chi connectivity index (χ2n) is 4.24. The van der Waals surface area contributed by atoms with E-state index in [1.165, 1.54) is 44.1 Å². The van der Waals surface area contributed by atoms with E-state index in [0.29, 0.717) is 0 Å². The van der Waals surface area contributed by atoms with Crippen LogP contribution in [0.4, 0.5) is 0 Å². The molecule has 0 heteroatoms. The van der Waals surface area contributed by atoms with Crippen molar-refractivity contribution in [2.24, 2.45) is 5.92 Å².